The molecule has 2 N–H and O–H groups in total. The molecule has 0 amide bonds. The Balaban J connectivity index is 4.26. The van der Waals surface area contributed by atoms with Crippen molar-refractivity contribution in [3.8, 4) is 0 Å². The number of rotatable bonds is 6. The Hall–Kier alpha value is -1.08. The molecule has 0 aliphatic carbocycles. The largest absolute Gasteiger partial charge is 0.454 e. The van der Waals surface area contributed by atoms with E-state index in [0.717, 1.165) is 6.20 Å². The molecule has 0 atom stereocenters. The van der Waals surface area contributed by atoms with Crippen LogP contribution in [0, 0.1) is 0 Å². The number of aliphatic hydroxyl groups is 2. The number of halogens is 3. The zero-order valence-corrected chi connectivity index (χ0v) is 7.87. The smallest absolute Gasteiger partial charge is 0.395 e. The molecule has 0 fully saturated rings. The molecule has 0 aliphatic rings. The predicted octanol–water partition coefficient (Wildman–Crippen LogP) is -0.0819. The van der Waals surface area contributed by atoms with E-state index >= 15 is 0 Å². The van der Waals surface area contributed by atoms with Crippen LogP contribution in [0.15, 0.2) is 12.3 Å². The average molecular weight is 227 g/mol. The minimum atomic E-state index is -4.89. The summed E-state index contributed by atoms with van der Waals surface area (Å²) in [4.78, 5) is 11.6. The molecule has 0 rings (SSSR count). The zero-order chi connectivity index (χ0) is 11.9. The number of hydrogen-bond donors (Lipinski definition) is 2. The number of carbonyl (C=O) groups is 1. The lowest BCUT2D eigenvalue weighted by atomic mass is 10.3. The van der Waals surface area contributed by atoms with Crippen molar-refractivity contribution in [3.63, 3.8) is 0 Å². The third-order valence-corrected chi connectivity index (χ3v) is 1.49. The van der Waals surface area contributed by atoms with Gasteiger partial charge in [0.05, 0.1) is 13.2 Å². The van der Waals surface area contributed by atoms with Crippen molar-refractivity contribution in [2.24, 2.45) is 0 Å². The molecule has 15 heavy (non-hydrogen) atoms. The van der Waals surface area contributed by atoms with Crippen LogP contribution >= 0.6 is 0 Å². The molecule has 88 valence electrons. The van der Waals surface area contributed by atoms with Gasteiger partial charge in [-0.25, -0.2) is 0 Å². The SMILES string of the molecule is O=C(/C=C/N(CCO)CCO)C(F)(F)F. The van der Waals surface area contributed by atoms with Gasteiger partial charge in [0.25, 0.3) is 5.78 Å². The zero-order valence-electron chi connectivity index (χ0n) is 7.87. The molecular weight excluding hydrogens is 215 g/mol. The molecule has 4 nitrogen and oxygen atoms in total. The Morgan fingerprint density at radius 1 is 1.20 bits per heavy atom. The van der Waals surface area contributed by atoms with Crippen LogP contribution < -0.4 is 0 Å². The Labute approximate surface area is 84.6 Å². The Kier molecular flexibility index (Phi) is 5.95. The fourth-order valence-electron chi connectivity index (χ4n) is 0.785. The summed E-state index contributed by atoms with van der Waals surface area (Å²) in [6.45, 7) is -0.431. The molecule has 0 aliphatic heterocycles. The molecule has 0 unspecified atom stereocenters. The number of carbonyl (C=O) groups excluding carboxylic acids is 1. The van der Waals surface area contributed by atoms with Gasteiger partial charge in [-0.2, -0.15) is 13.2 Å². The van der Waals surface area contributed by atoms with Crippen LogP contribution in [-0.2, 0) is 4.79 Å². The van der Waals surface area contributed by atoms with E-state index in [9.17, 15) is 18.0 Å². The molecular formula is C8H12F3NO3. The lowest BCUT2D eigenvalue weighted by molar-refractivity contribution is -0.165. The lowest BCUT2D eigenvalue weighted by Crippen LogP contribution is -2.26. The summed E-state index contributed by atoms with van der Waals surface area (Å²) in [5.74, 6) is -1.97. The fraction of sp³-hybridized carbons (Fsp3) is 0.625. The van der Waals surface area contributed by atoms with Crippen LogP contribution in [0.3, 0.4) is 0 Å². The van der Waals surface area contributed by atoms with Gasteiger partial charge in [0.15, 0.2) is 0 Å². The van der Waals surface area contributed by atoms with Crippen molar-refractivity contribution >= 4 is 5.78 Å². The van der Waals surface area contributed by atoms with E-state index < -0.39 is 12.0 Å². The van der Waals surface area contributed by atoms with Gasteiger partial charge in [0.2, 0.25) is 0 Å². The molecule has 0 aromatic carbocycles. The van der Waals surface area contributed by atoms with E-state index in [0.29, 0.717) is 6.08 Å². The second-order valence-electron chi connectivity index (χ2n) is 2.66. The van der Waals surface area contributed by atoms with Crippen molar-refractivity contribution < 1.29 is 28.2 Å². The summed E-state index contributed by atoms with van der Waals surface area (Å²) in [5.41, 5.74) is 0. The van der Waals surface area contributed by atoms with Crippen LogP contribution in [-0.4, -0.2) is 53.4 Å². The van der Waals surface area contributed by atoms with Gasteiger partial charge in [-0.15, -0.1) is 0 Å². The molecule has 0 radical (unpaired) electrons. The summed E-state index contributed by atoms with van der Waals surface area (Å²) in [7, 11) is 0. The van der Waals surface area contributed by atoms with Crippen molar-refractivity contribution in [3.05, 3.63) is 12.3 Å². The number of ketones is 1. The highest BCUT2D eigenvalue weighted by molar-refractivity contribution is 5.94. The molecule has 0 saturated heterocycles. The van der Waals surface area contributed by atoms with Gasteiger partial charge in [-0.1, -0.05) is 0 Å². The molecule has 0 aromatic heterocycles. The van der Waals surface area contributed by atoms with Gasteiger partial charge in [0.1, 0.15) is 0 Å². The molecule has 0 heterocycles. The number of hydrogen-bond acceptors (Lipinski definition) is 4. The van der Waals surface area contributed by atoms with Gasteiger partial charge in [-0.3, -0.25) is 4.79 Å². The molecule has 0 aromatic rings. The molecule has 7 heteroatoms. The van der Waals surface area contributed by atoms with Crippen molar-refractivity contribution in [2.75, 3.05) is 26.3 Å². The third-order valence-electron chi connectivity index (χ3n) is 1.49. The van der Waals surface area contributed by atoms with Gasteiger partial charge < -0.3 is 15.1 Å². The van der Waals surface area contributed by atoms with Gasteiger partial charge >= 0.3 is 6.18 Å². The number of aliphatic hydroxyl groups excluding tert-OH is 2. The number of alkyl halides is 3. The second kappa shape index (κ2) is 6.41. The maximum Gasteiger partial charge on any atom is 0.454 e. The van der Waals surface area contributed by atoms with E-state index in [-0.39, 0.29) is 26.3 Å². The first kappa shape index (κ1) is 13.9. The first-order valence-corrected chi connectivity index (χ1v) is 4.17. The fourth-order valence-corrected chi connectivity index (χ4v) is 0.785. The summed E-state index contributed by atoms with van der Waals surface area (Å²) < 4.78 is 35.3. The highest BCUT2D eigenvalue weighted by Gasteiger charge is 2.36. The highest BCUT2D eigenvalue weighted by atomic mass is 19.4. The van der Waals surface area contributed by atoms with Crippen LogP contribution in [0.5, 0.6) is 0 Å². The number of nitrogens with zero attached hydrogens (tertiary/aromatic N) is 1. The highest BCUT2D eigenvalue weighted by Crippen LogP contribution is 2.16. The second-order valence-corrected chi connectivity index (χ2v) is 2.66. The maximum atomic E-state index is 11.8. The maximum absolute atomic E-state index is 11.8. The Morgan fingerprint density at radius 2 is 1.67 bits per heavy atom. The summed E-state index contributed by atoms with van der Waals surface area (Å²) in [6, 6.07) is 0. The summed E-state index contributed by atoms with van der Waals surface area (Å²) in [6.07, 6.45) is -3.62. The lowest BCUT2D eigenvalue weighted by Gasteiger charge is -2.17. The van der Waals surface area contributed by atoms with E-state index in [1.165, 1.54) is 4.90 Å². The first-order valence-electron chi connectivity index (χ1n) is 4.17. The summed E-state index contributed by atoms with van der Waals surface area (Å²) in [5, 5.41) is 17.0. The molecule has 0 saturated carbocycles. The Morgan fingerprint density at radius 3 is 2.00 bits per heavy atom. The summed E-state index contributed by atoms with van der Waals surface area (Å²) >= 11 is 0. The van der Waals surface area contributed by atoms with Crippen LogP contribution in [0.2, 0.25) is 0 Å². The molecule has 0 bridgehead atoms. The Bertz CT molecular complexity index is 222. The van der Waals surface area contributed by atoms with Crippen molar-refractivity contribution in [1.29, 1.82) is 0 Å². The van der Waals surface area contributed by atoms with E-state index in [2.05, 4.69) is 0 Å². The van der Waals surface area contributed by atoms with Crippen LogP contribution in [0.25, 0.3) is 0 Å². The quantitative estimate of drug-likeness (QED) is 0.623. The topological polar surface area (TPSA) is 60.8 Å². The number of allylic oxidation sites excluding steroid dienone is 1. The van der Waals surface area contributed by atoms with Gasteiger partial charge in [-0.05, 0) is 0 Å². The van der Waals surface area contributed by atoms with E-state index in [1.807, 2.05) is 0 Å². The average Bonchev–Trinajstić information content (AvgIpc) is 2.12. The van der Waals surface area contributed by atoms with E-state index in [4.69, 9.17) is 10.2 Å². The minimum Gasteiger partial charge on any atom is -0.395 e. The molecule has 0 spiro atoms. The van der Waals surface area contributed by atoms with Crippen molar-refractivity contribution in [1.82, 2.24) is 4.90 Å². The van der Waals surface area contributed by atoms with Crippen LogP contribution in [0.4, 0.5) is 13.2 Å². The standard InChI is InChI=1S/C8H12F3NO3/c9-8(10,11)7(15)1-2-12(3-5-13)4-6-14/h1-2,13-14H,3-6H2/b2-1+. The van der Waals surface area contributed by atoms with E-state index in [1.54, 1.807) is 0 Å². The monoisotopic (exact) mass is 227 g/mol. The van der Waals surface area contributed by atoms with Gasteiger partial charge in [0, 0.05) is 25.4 Å². The van der Waals surface area contributed by atoms with Crippen LogP contribution in [0.1, 0.15) is 0 Å². The first-order chi connectivity index (χ1) is 6.91. The third kappa shape index (κ3) is 6.08. The van der Waals surface area contributed by atoms with Crippen molar-refractivity contribution in [2.45, 2.75) is 6.18 Å². The minimum absolute atomic E-state index is 0.0577. The normalized spacial score (nSPS) is 12.1. The predicted molar refractivity (Wildman–Crippen MR) is 45.9 cm³/mol.